The largest absolute Gasteiger partial charge is 0.467 e. The highest BCUT2D eigenvalue weighted by Crippen LogP contribution is 2.18. The second-order valence-electron chi connectivity index (χ2n) is 4.49. The molecule has 2 N–H and O–H groups in total. The summed E-state index contributed by atoms with van der Waals surface area (Å²) in [6, 6.07) is 3.65. The molecule has 1 amide bonds. The Morgan fingerprint density at radius 3 is 3.00 bits per heavy atom. The van der Waals surface area contributed by atoms with E-state index in [1.807, 2.05) is 19.1 Å². The normalized spacial score (nSPS) is 26.6. The molecule has 4 heteroatoms. The van der Waals surface area contributed by atoms with E-state index >= 15 is 0 Å². The average Bonchev–Trinajstić information content (AvgIpc) is 2.86. The zero-order valence-corrected chi connectivity index (χ0v) is 9.69. The Hall–Kier alpha value is -1.29. The fraction of sp³-hybridized carbons (Fsp3) is 0.583. The Kier molecular flexibility index (Phi) is 3.29. The Balaban J connectivity index is 1.92. The molecule has 2 rings (SSSR count). The molecule has 4 nitrogen and oxygen atoms in total. The van der Waals surface area contributed by atoms with Gasteiger partial charge in [0.05, 0.1) is 18.2 Å². The molecule has 1 aliphatic rings. The topological polar surface area (TPSA) is 54.3 Å². The Bertz CT molecular complexity index is 348. The molecule has 0 radical (unpaired) electrons. The van der Waals surface area contributed by atoms with Crippen LogP contribution in [0.15, 0.2) is 22.8 Å². The van der Waals surface area contributed by atoms with E-state index in [1.165, 1.54) is 0 Å². The second kappa shape index (κ2) is 4.70. The molecule has 2 heterocycles. The third-order valence-corrected chi connectivity index (χ3v) is 3.18. The van der Waals surface area contributed by atoms with Crippen LogP contribution in [0.5, 0.6) is 0 Å². The van der Waals surface area contributed by atoms with Gasteiger partial charge >= 0.3 is 0 Å². The minimum atomic E-state index is -0.0599. The average molecular weight is 222 g/mol. The van der Waals surface area contributed by atoms with Gasteiger partial charge in [-0.15, -0.1) is 0 Å². The lowest BCUT2D eigenvalue weighted by Crippen LogP contribution is -2.35. The molecule has 16 heavy (non-hydrogen) atoms. The van der Waals surface area contributed by atoms with Gasteiger partial charge < -0.3 is 15.1 Å². The first-order valence-corrected chi connectivity index (χ1v) is 5.73. The SMILES string of the molecule is C[C@@H]1CNC[C@H]1C(=O)N[C@H](C)c1ccco1. The quantitative estimate of drug-likeness (QED) is 0.810. The van der Waals surface area contributed by atoms with Crippen LogP contribution in [-0.2, 0) is 4.79 Å². The molecule has 1 aromatic heterocycles. The standard InChI is InChI=1S/C12H18N2O2/c1-8-6-13-7-10(8)12(15)14-9(2)11-4-3-5-16-11/h3-5,8-10,13H,6-7H2,1-2H3,(H,14,15)/t8-,9-,10-/m1/s1. The van der Waals surface area contributed by atoms with E-state index in [4.69, 9.17) is 4.42 Å². The smallest absolute Gasteiger partial charge is 0.225 e. The van der Waals surface area contributed by atoms with Crippen LogP contribution >= 0.6 is 0 Å². The molecule has 88 valence electrons. The van der Waals surface area contributed by atoms with Crippen molar-refractivity contribution in [3.05, 3.63) is 24.2 Å². The number of hydrogen-bond donors (Lipinski definition) is 2. The maximum absolute atomic E-state index is 12.0. The van der Waals surface area contributed by atoms with Crippen LogP contribution in [0.1, 0.15) is 25.6 Å². The van der Waals surface area contributed by atoms with Crippen molar-refractivity contribution >= 4 is 5.91 Å². The third-order valence-electron chi connectivity index (χ3n) is 3.18. The summed E-state index contributed by atoms with van der Waals surface area (Å²) in [5, 5.41) is 6.21. The summed E-state index contributed by atoms with van der Waals surface area (Å²) >= 11 is 0. The number of carbonyl (C=O) groups is 1. The van der Waals surface area contributed by atoms with E-state index in [0.29, 0.717) is 5.92 Å². The van der Waals surface area contributed by atoms with Crippen molar-refractivity contribution in [2.75, 3.05) is 13.1 Å². The summed E-state index contributed by atoms with van der Waals surface area (Å²) in [7, 11) is 0. The van der Waals surface area contributed by atoms with E-state index in [9.17, 15) is 4.79 Å². The van der Waals surface area contributed by atoms with Crippen molar-refractivity contribution in [3.8, 4) is 0 Å². The minimum Gasteiger partial charge on any atom is -0.467 e. The van der Waals surface area contributed by atoms with Crippen LogP contribution in [0.2, 0.25) is 0 Å². The van der Waals surface area contributed by atoms with E-state index in [-0.39, 0.29) is 17.9 Å². The molecule has 1 aromatic rings. The number of amides is 1. The Morgan fingerprint density at radius 2 is 2.44 bits per heavy atom. The molecule has 0 spiro atoms. The zero-order valence-electron chi connectivity index (χ0n) is 9.69. The molecular formula is C12H18N2O2. The lowest BCUT2D eigenvalue weighted by atomic mass is 9.97. The lowest BCUT2D eigenvalue weighted by Gasteiger charge is -2.17. The molecule has 3 atom stereocenters. The van der Waals surface area contributed by atoms with Crippen LogP contribution in [0, 0.1) is 11.8 Å². The maximum atomic E-state index is 12.0. The van der Waals surface area contributed by atoms with Gasteiger partial charge in [-0.1, -0.05) is 6.92 Å². The Morgan fingerprint density at radius 1 is 1.62 bits per heavy atom. The van der Waals surface area contributed by atoms with Crippen LogP contribution in [0.25, 0.3) is 0 Å². The zero-order chi connectivity index (χ0) is 11.5. The number of rotatable bonds is 3. The van der Waals surface area contributed by atoms with Gasteiger partial charge in [0.1, 0.15) is 5.76 Å². The molecular weight excluding hydrogens is 204 g/mol. The summed E-state index contributed by atoms with van der Waals surface area (Å²) in [6.45, 7) is 5.73. The van der Waals surface area contributed by atoms with Crippen molar-refractivity contribution in [2.24, 2.45) is 11.8 Å². The molecule has 0 bridgehead atoms. The van der Waals surface area contributed by atoms with Crippen molar-refractivity contribution in [1.82, 2.24) is 10.6 Å². The molecule has 0 aromatic carbocycles. The fourth-order valence-corrected chi connectivity index (χ4v) is 2.09. The van der Waals surface area contributed by atoms with Crippen molar-refractivity contribution in [1.29, 1.82) is 0 Å². The van der Waals surface area contributed by atoms with E-state index in [0.717, 1.165) is 18.8 Å². The highest BCUT2D eigenvalue weighted by molar-refractivity contribution is 5.79. The number of nitrogens with one attached hydrogen (secondary N) is 2. The summed E-state index contributed by atoms with van der Waals surface area (Å²) in [4.78, 5) is 12.0. The number of furan rings is 1. The highest BCUT2D eigenvalue weighted by atomic mass is 16.3. The molecule has 0 saturated carbocycles. The van der Waals surface area contributed by atoms with Crippen LogP contribution in [-0.4, -0.2) is 19.0 Å². The minimum absolute atomic E-state index is 0.0599. The van der Waals surface area contributed by atoms with Crippen LogP contribution < -0.4 is 10.6 Å². The molecule has 0 aliphatic carbocycles. The van der Waals surface area contributed by atoms with Gasteiger partial charge in [0.15, 0.2) is 0 Å². The van der Waals surface area contributed by atoms with Crippen molar-refractivity contribution < 1.29 is 9.21 Å². The van der Waals surface area contributed by atoms with Gasteiger partial charge in [0.2, 0.25) is 5.91 Å². The molecule has 1 aliphatic heterocycles. The van der Waals surface area contributed by atoms with Crippen molar-refractivity contribution in [2.45, 2.75) is 19.9 Å². The third kappa shape index (κ3) is 2.27. The second-order valence-corrected chi connectivity index (χ2v) is 4.49. The van der Waals surface area contributed by atoms with Crippen molar-refractivity contribution in [3.63, 3.8) is 0 Å². The van der Waals surface area contributed by atoms with Gasteiger partial charge in [0.25, 0.3) is 0 Å². The lowest BCUT2D eigenvalue weighted by molar-refractivity contribution is -0.126. The summed E-state index contributed by atoms with van der Waals surface area (Å²) in [5.41, 5.74) is 0. The summed E-state index contributed by atoms with van der Waals surface area (Å²) in [5.74, 6) is 1.40. The van der Waals surface area contributed by atoms with Crippen LogP contribution in [0.4, 0.5) is 0 Å². The van der Waals surface area contributed by atoms with Gasteiger partial charge in [-0.3, -0.25) is 4.79 Å². The van der Waals surface area contributed by atoms with Gasteiger partial charge in [0, 0.05) is 6.54 Å². The Labute approximate surface area is 95.4 Å². The predicted octanol–water partition coefficient (Wildman–Crippen LogP) is 1.31. The van der Waals surface area contributed by atoms with Gasteiger partial charge in [-0.25, -0.2) is 0 Å². The molecule has 1 fully saturated rings. The molecule has 0 unspecified atom stereocenters. The molecule has 1 saturated heterocycles. The van der Waals surface area contributed by atoms with E-state index < -0.39 is 0 Å². The maximum Gasteiger partial charge on any atom is 0.225 e. The van der Waals surface area contributed by atoms with Gasteiger partial charge in [-0.2, -0.15) is 0 Å². The fourth-order valence-electron chi connectivity index (χ4n) is 2.09. The van der Waals surface area contributed by atoms with Crippen LogP contribution in [0.3, 0.4) is 0 Å². The summed E-state index contributed by atoms with van der Waals surface area (Å²) in [6.07, 6.45) is 1.62. The summed E-state index contributed by atoms with van der Waals surface area (Å²) < 4.78 is 5.26. The number of carbonyl (C=O) groups excluding carboxylic acids is 1. The highest BCUT2D eigenvalue weighted by Gasteiger charge is 2.30. The number of hydrogen-bond acceptors (Lipinski definition) is 3. The first-order valence-electron chi connectivity index (χ1n) is 5.73. The van der Waals surface area contributed by atoms with E-state index in [1.54, 1.807) is 6.26 Å². The monoisotopic (exact) mass is 222 g/mol. The van der Waals surface area contributed by atoms with E-state index in [2.05, 4.69) is 17.6 Å². The van der Waals surface area contributed by atoms with Gasteiger partial charge in [-0.05, 0) is 31.5 Å². The first-order chi connectivity index (χ1) is 7.68. The predicted molar refractivity (Wildman–Crippen MR) is 60.8 cm³/mol. The first kappa shape index (κ1) is 11.2.